The van der Waals surface area contributed by atoms with Crippen molar-refractivity contribution in [2.24, 2.45) is 0 Å². The van der Waals surface area contributed by atoms with Crippen molar-refractivity contribution < 1.29 is 9.53 Å². The maximum atomic E-state index is 11.9. The molecule has 0 aliphatic carbocycles. The molecule has 0 unspecified atom stereocenters. The van der Waals surface area contributed by atoms with Crippen LogP contribution in [0.1, 0.15) is 20.8 Å². The third-order valence-corrected chi connectivity index (χ3v) is 3.35. The summed E-state index contributed by atoms with van der Waals surface area (Å²) in [5.41, 5.74) is 3.64. The molecule has 6 nitrogen and oxygen atoms in total. The molecule has 0 saturated carbocycles. The van der Waals surface area contributed by atoms with Gasteiger partial charge < -0.3 is 4.74 Å². The Morgan fingerprint density at radius 2 is 1.92 bits per heavy atom. The first-order chi connectivity index (χ1) is 11.9. The Labute approximate surface area is 146 Å². The largest absolute Gasteiger partial charge is 0.444 e. The number of hydrogen-bond donors (Lipinski definition) is 2. The van der Waals surface area contributed by atoms with E-state index in [-0.39, 0.29) is 0 Å². The molecule has 0 radical (unpaired) electrons. The number of carbonyl (C=O) groups is 1. The predicted octanol–water partition coefficient (Wildman–Crippen LogP) is 4.49. The van der Waals surface area contributed by atoms with Gasteiger partial charge in [0.25, 0.3) is 0 Å². The lowest BCUT2D eigenvalue weighted by Crippen LogP contribution is -2.27. The lowest BCUT2D eigenvalue weighted by atomic mass is 10.1. The number of nitrogens with one attached hydrogen (secondary N) is 2. The van der Waals surface area contributed by atoms with Crippen molar-refractivity contribution in [3.63, 3.8) is 0 Å². The average Bonchev–Trinajstić information content (AvgIpc) is 3.04. The van der Waals surface area contributed by atoms with Gasteiger partial charge >= 0.3 is 6.09 Å². The fourth-order valence-corrected chi connectivity index (χ4v) is 2.32. The fourth-order valence-electron chi connectivity index (χ4n) is 2.32. The Kier molecular flexibility index (Phi) is 4.52. The SMILES string of the molecule is CC(C)(C)OC(=O)Nc1cccc(-c2cc(-c3cccnc3)n[nH]2)c1. The van der Waals surface area contributed by atoms with Crippen LogP contribution in [-0.4, -0.2) is 26.9 Å². The fraction of sp³-hybridized carbons (Fsp3) is 0.211. The van der Waals surface area contributed by atoms with E-state index in [0.717, 1.165) is 22.5 Å². The minimum atomic E-state index is -0.538. The second kappa shape index (κ2) is 6.76. The maximum Gasteiger partial charge on any atom is 0.412 e. The number of ether oxygens (including phenoxy) is 1. The second-order valence-electron chi connectivity index (χ2n) is 6.62. The molecule has 2 aromatic heterocycles. The number of benzene rings is 1. The molecule has 0 atom stereocenters. The minimum absolute atomic E-state index is 0.481. The topological polar surface area (TPSA) is 79.9 Å². The van der Waals surface area contributed by atoms with Crippen molar-refractivity contribution in [2.45, 2.75) is 26.4 Å². The normalized spacial score (nSPS) is 11.2. The van der Waals surface area contributed by atoms with E-state index in [2.05, 4.69) is 20.5 Å². The van der Waals surface area contributed by atoms with Crippen LogP contribution >= 0.6 is 0 Å². The second-order valence-corrected chi connectivity index (χ2v) is 6.62. The molecule has 25 heavy (non-hydrogen) atoms. The van der Waals surface area contributed by atoms with Crippen LogP contribution in [0, 0.1) is 0 Å². The van der Waals surface area contributed by atoms with E-state index in [1.807, 2.05) is 63.2 Å². The number of aromatic amines is 1. The highest BCUT2D eigenvalue weighted by molar-refractivity contribution is 5.86. The van der Waals surface area contributed by atoms with E-state index in [0.29, 0.717) is 5.69 Å². The van der Waals surface area contributed by atoms with Gasteiger partial charge in [-0.25, -0.2) is 4.79 Å². The quantitative estimate of drug-likeness (QED) is 0.739. The van der Waals surface area contributed by atoms with Gasteiger partial charge in [-0.05, 0) is 51.1 Å². The highest BCUT2D eigenvalue weighted by Crippen LogP contribution is 2.25. The number of nitrogens with zero attached hydrogens (tertiary/aromatic N) is 2. The molecule has 1 amide bonds. The van der Waals surface area contributed by atoms with Crippen LogP contribution in [0.25, 0.3) is 22.5 Å². The van der Waals surface area contributed by atoms with Gasteiger partial charge in [0.2, 0.25) is 0 Å². The number of hydrogen-bond acceptors (Lipinski definition) is 4. The highest BCUT2D eigenvalue weighted by Gasteiger charge is 2.16. The summed E-state index contributed by atoms with van der Waals surface area (Å²) in [6, 6.07) is 13.3. The molecule has 0 spiro atoms. The predicted molar refractivity (Wildman–Crippen MR) is 97.1 cm³/mol. The molecule has 2 heterocycles. The molecular formula is C19H20N4O2. The van der Waals surface area contributed by atoms with Crippen LogP contribution in [0.3, 0.4) is 0 Å². The van der Waals surface area contributed by atoms with Crippen molar-refractivity contribution in [1.29, 1.82) is 0 Å². The zero-order chi connectivity index (χ0) is 17.9. The number of amides is 1. The first-order valence-corrected chi connectivity index (χ1v) is 7.97. The van der Waals surface area contributed by atoms with E-state index in [4.69, 9.17) is 4.74 Å². The van der Waals surface area contributed by atoms with E-state index in [1.54, 1.807) is 12.4 Å². The molecule has 0 aliphatic heterocycles. The van der Waals surface area contributed by atoms with E-state index >= 15 is 0 Å². The van der Waals surface area contributed by atoms with Crippen LogP contribution in [0.2, 0.25) is 0 Å². The number of carbonyl (C=O) groups excluding carboxylic acids is 1. The van der Waals surface area contributed by atoms with Gasteiger partial charge in [0, 0.05) is 29.2 Å². The number of H-pyrrole nitrogens is 1. The van der Waals surface area contributed by atoms with Crippen molar-refractivity contribution >= 4 is 11.8 Å². The van der Waals surface area contributed by atoms with Crippen molar-refractivity contribution in [3.05, 3.63) is 54.9 Å². The summed E-state index contributed by atoms with van der Waals surface area (Å²) in [6.45, 7) is 5.48. The molecule has 0 bridgehead atoms. The molecule has 128 valence electrons. The highest BCUT2D eigenvalue weighted by atomic mass is 16.6. The van der Waals surface area contributed by atoms with E-state index in [9.17, 15) is 4.79 Å². The summed E-state index contributed by atoms with van der Waals surface area (Å²) >= 11 is 0. The Bertz CT molecular complexity index is 866. The minimum Gasteiger partial charge on any atom is -0.444 e. The maximum absolute atomic E-state index is 11.9. The van der Waals surface area contributed by atoms with Crippen LogP contribution in [0.5, 0.6) is 0 Å². The molecule has 0 aliphatic rings. The smallest absolute Gasteiger partial charge is 0.412 e. The summed E-state index contributed by atoms with van der Waals surface area (Å²) in [5.74, 6) is 0. The molecule has 2 N–H and O–H groups in total. The monoisotopic (exact) mass is 336 g/mol. The van der Waals surface area contributed by atoms with E-state index < -0.39 is 11.7 Å². The number of pyridine rings is 1. The van der Waals surface area contributed by atoms with Crippen molar-refractivity contribution in [3.8, 4) is 22.5 Å². The zero-order valence-corrected chi connectivity index (χ0v) is 14.4. The Morgan fingerprint density at radius 1 is 1.12 bits per heavy atom. The zero-order valence-electron chi connectivity index (χ0n) is 14.4. The Balaban J connectivity index is 1.78. The Morgan fingerprint density at radius 3 is 2.64 bits per heavy atom. The molecule has 6 heteroatoms. The number of anilines is 1. The third kappa shape index (κ3) is 4.44. The molecule has 0 saturated heterocycles. The molecular weight excluding hydrogens is 316 g/mol. The van der Waals surface area contributed by atoms with Gasteiger partial charge in [-0.1, -0.05) is 12.1 Å². The Hall–Kier alpha value is -3.15. The third-order valence-electron chi connectivity index (χ3n) is 3.35. The molecule has 3 aromatic rings. The molecule has 1 aromatic carbocycles. The average molecular weight is 336 g/mol. The van der Waals surface area contributed by atoms with E-state index in [1.165, 1.54) is 0 Å². The van der Waals surface area contributed by atoms with Crippen molar-refractivity contribution in [1.82, 2.24) is 15.2 Å². The van der Waals surface area contributed by atoms with Gasteiger partial charge in [0.15, 0.2) is 0 Å². The van der Waals surface area contributed by atoms with Gasteiger partial charge in [-0.2, -0.15) is 5.10 Å². The lowest BCUT2D eigenvalue weighted by Gasteiger charge is -2.19. The van der Waals surface area contributed by atoms with Crippen molar-refractivity contribution in [2.75, 3.05) is 5.32 Å². The molecule has 3 rings (SSSR count). The van der Waals surface area contributed by atoms with Gasteiger partial charge in [0.05, 0.1) is 11.4 Å². The van der Waals surface area contributed by atoms with Gasteiger partial charge in [0.1, 0.15) is 5.60 Å². The summed E-state index contributed by atoms with van der Waals surface area (Å²) in [5, 5.41) is 10.1. The summed E-state index contributed by atoms with van der Waals surface area (Å²) < 4.78 is 5.27. The van der Waals surface area contributed by atoms with Crippen LogP contribution in [0.4, 0.5) is 10.5 Å². The summed E-state index contributed by atoms with van der Waals surface area (Å²) in [6.07, 6.45) is 3.01. The first-order valence-electron chi connectivity index (χ1n) is 7.97. The molecule has 0 fully saturated rings. The van der Waals surface area contributed by atoms with Gasteiger partial charge in [-0.3, -0.25) is 15.4 Å². The summed E-state index contributed by atoms with van der Waals surface area (Å²) in [4.78, 5) is 16.0. The summed E-state index contributed by atoms with van der Waals surface area (Å²) in [7, 11) is 0. The van der Waals surface area contributed by atoms with Crippen LogP contribution < -0.4 is 5.32 Å². The lowest BCUT2D eigenvalue weighted by molar-refractivity contribution is 0.0636. The van der Waals surface area contributed by atoms with Gasteiger partial charge in [-0.15, -0.1) is 0 Å². The first kappa shape index (κ1) is 16.7. The number of rotatable bonds is 3. The van der Waals surface area contributed by atoms with Crippen LogP contribution in [-0.2, 0) is 4.74 Å². The standard InChI is InChI=1S/C19H20N4O2/c1-19(2,3)25-18(24)21-15-8-4-6-13(10-15)16-11-17(23-22-16)14-7-5-9-20-12-14/h4-12H,1-3H3,(H,21,24)(H,22,23). The van der Waals surface area contributed by atoms with Crippen LogP contribution in [0.15, 0.2) is 54.9 Å². The number of aromatic nitrogens is 3.